The van der Waals surface area contributed by atoms with Crippen LogP contribution in [0.4, 0.5) is 16.3 Å². The molecule has 0 unspecified atom stereocenters. The molecule has 1 aromatic carbocycles. The Morgan fingerprint density at radius 3 is 2.39 bits per heavy atom. The van der Waals surface area contributed by atoms with Gasteiger partial charge in [0.2, 0.25) is 0 Å². The minimum Gasteiger partial charge on any atom is -0.450 e. The van der Waals surface area contributed by atoms with Crippen LogP contribution < -0.4 is 15.7 Å². The lowest BCUT2D eigenvalue weighted by Crippen LogP contribution is -2.50. The fourth-order valence-electron chi connectivity index (χ4n) is 6.06. The quantitative estimate of drug-likeness (QED) is 0.238. The Kier molecular flexibility index (Phi) is 10.3. The summed E-state index contributed by atoms with van der Waals surface area (Å²) in [5.74, 6) is 1.59. The third-order valence-corrected chi connectivity index (χ3v) is 8.62. The van der Waals surface area contributed by atoms with Crippen molar-refractivity contribution in [3.05, 3.63) is 40.4 Å². The number of piperazine rings is 1. The number of piperidine rings is 1. The second-order valence-corrected chi connectivity index (χ2v) is 13.2. The average Bonchev–Trinajstić information content (AvgIpc) is 3.00. The molecule has 2 saturated heterocycles. The molecule has 2 fully saturated rings. The van der Waals surface area contributed by atoms with Gasteiger partial charge in [-0.2, -0.15) is 4.98 Å². The van der Waals surface area contributed by atoms with Crippen molar-refractivity contribution >= 4 is 23.4 Å². The first-order chi connectivity index (χ1) is 21.1. The molecule has 0 atom stereocenters. The Morgan fingerprint density at radius 1 is 0.977 bits per heavy atom. The molecule has 5 rings (SSSR count). The summed E-state index contributed by atoms with van der Waals surface area (Å²) in [5.41, 5.74) is 0.476. The number of rotatable bonds is 10. The molecule has 3 aliphatic heterocycles. The standard InChI is InChI=1S/C33H48N6O5/c1-5-6-14-36-16-12-25(13-17-36)39-23-29-30(35-31(39)41)34-26-22-24(10-11-28(26)43-29)27(40)9-7-8-15-37-18-20-38(21-19-37)32(42)44-33(2,3)4/h10-11,22-23,25H,5-9,12-21H2,1-4H3,(H,34,35,41). The first kappa shape index (κ1) is 32.0. The minimum atomic E-state index is -0.488. The molecule has 11 heteroatoms. The number of aromatic nitrogens is 2. The predicted octanol–water partition coefficient (Wildman–Crippen LogP) is 5.44. The maximum absolute atomic E-state index is 13.0. The largest absolute Gasteiger partial charge is 0.450 e. The van der Waals surface area contributed by atoms with E-state index in [2.05, 4.69) is 27.0 Å². The number of likely N-dealkylation sites (tertiary alicyclic amines) is 1. The lowest BCUT2D eigenvalue weighted by Gasteiger charge is -2.35. The van der Waals surface area contributed by atoms with E-state index in [9.17, 15) is 14.4 Å². The number of hydrogen-bond acceptors (Lipinski definition) is 9. The zero-order valence-corrected chi connectivity index (χ0v) is 26.8. The zero-order chi connectivity index (χ0) is 31.3. The van der Waals surface area contributed by atoms with Gasteiger partial charge in [-0.3, -0.25) is 14.3 Å². The Morgan fingerprint density at radius 2 is 1.68 bits per heavy atom. The summed E-state index contributed by atoms with van der Waals surface area (Å²) in [6.45, 7) is 14.8. The number of nitrogens with one attached hydrogen (secondary N) is 1. The normalized spacial score (nSPS) is 17.8. The van der Waals surface area contributed by atoms with Crippen molar-refractivity contribution in [3.63, 3.8) is 0 Å². The summed E-state index contributed by atoms with van der Waals surface area (Å²) in [6.07, 6.45) is 7.91. The topological polar surface area (TPSA) is 109 Å². The van der Waals surface area contributed by atoms with E-state index in [0.717, 1.165) is 65.0 Å². The lowest BCUT2D eigenvalue weighted by molar-refractivity contribution is 0.0144. The summed E-state index contributed by atoms with van der Waals surface area (Å²) >= 11 is 0. The van der Waals surface area contributed by atoms with Crippen LogP contribution in [-0.2, 0) is 4.74 Å². The highest BCUT2D eigenvalue weighted by Crippen LogP contribution is 2.41. The molecule has 0 aliphatic carbocycles. The highest BCUT2D eigenvalue weighted by Gasteiger charge is 2.27. The van der Waals surface area contributed by atoms with Crippen LogP contribution in [0.5, 0.6) is 11.5 Å². The maximum atomic E-state index is 13.0. The van der Waals surface area contributed by atoms with Crippen molar-refractivity contribution < 1.29 is 19.1 Å². The van der Waals surface area contributed by atoms with Crippen LogP contribution in [0, 0.1) is 0 Å². The van der Waals surface area contributed by atoms with Crippen molar-refractivity contribution in [1.29, 1.82) is 0 Å². The summed E-state index contributed by atoms with van der Waals surface area (Å²) in [6, 6.07) is 5.52. The number of carbonyl (C=O) groups is 2. The Bertz CT molecular complexity index is 1370. The number of unbranched alkanes of at least 4 members (excludes halogenated alkanes) is 2. The van der Waals surface area contributed by atoms with Gasteiger partial charge in [-0.25, -0.2) is 9.59 Å². The summed E-state index contributed by atoms with van der Waals surface area (Å²) in [4.78, 5) is 49.1. The molecule has 0 saturated carbocycles. The number of Topliss-reactive ketones (excluding diaryl/α,β-unsaturated/α-hetero) is 1. The summed E-state index contributed by atoms with van der Waals surface area (Å²) < 4.78 is 13.3. The molecule has 1 amide bonds. The number of fused-ring (bicyclic) bond motifs is 2. The summed E-state index contributed by atoms with van der Waals surface area (Å²) in [5, 5.41) is 3.22. The van der Waals surface area contributed by atoms with Crippen molar-refractivity contribution in [3.8, 4) is 11.5 Å². The van der Waals surface area contributed by atoms with Gasteiger partial charge in [-0.1, -0.05) is 13.3 Å². The number of nitrogens with zero attached hydrogens (tertiary/aromatic N) is 5. The third kappa shape index (κ3) is 8.18. The Balaban J connectivity index is 1.08. The van der Waals surface area contributed by atoms with Crippen LogP contribution in [0.2, 0.25) is 0 Å². The van der Waals surface area contributed by atoms with Crippen LogP contribution >= 0.6 is 0 Å². The van der Waals surface area contributed by atoms with Gasteiger partial charge in [0.1, 0.15) is 5.60 Å². The van der Waals surface area contributed by atoms with Crippen molar-refractivity contribution in [2.24, 2.45) is 0 Å². The number of amides is 1. The molecule has 1 N–H and O–H groups in total. The van der Waals surface area contributed by atoms with Crippen LogP contribution in [0.25, 0.3) is 0 Å². The van der Waals surface area contributed by atoms with Crippen LogP contribution in [0.15, 0.2) is 29.2 Å². The fourth-order valence-corrected chi connectivity index (χ4v) is 6.06. The van der Waals surface area contributed by atoms with Gasteiger partial charge in [0, 0.05) is 57.3 Å². The number of carbonyl (C=O) groups excluding carboxylic acids is 2. The van der Waals surface area contributed by atoms with E-state index in [1.165, 1.54) is 12.8 Å². The molecule has 1 aromatic heterocycles. The van der Waals surface area contributed by atoms with Crippen molar-refractivity contribution in [2.45, 2.75) is 84.3 Å². The third-order valence-electron chi connectivity index (χ3n) is 8.62. The molecule has 4 heterocycles. The highest BCUT2D eigenvalue weighted by molar-refractivity contribution is 5.97. The fraction of sp³-hybridized carbons (Fsp3) is 0.636. The SMILES string of the molecule is CCCCN1CCC(n2cc3c(nc2=O)Nc2cc(C(=O)CCCCN4CCN(C(=O)OC(C)(C)C)CC4)ccc2O3)CC1. The number of hydrogen-bond donors (Lipinski definition) is 1. The Hall–Kier alpha value is -3.44. The van der Waals surface area contributed by atoms with Gasteiger partial charge in [0.25, 0.3) is 0 Å². The second-order valence-electron chi connectivity index (χ2n) is 13.2. The van der Waals surface area contributed by atoms with Crippen LogP contribution in [-0.4, -0.2) is 94.1 Å². The zero-order valence-electron chi connectivity index (χ0n) is 26.8. The maximum Gasteiger partial charge on any atom is 0.410 e. The van der Waals surface area contributed by atoms with Gasteiger partial charge in [-0.05, 0) is 84.2 Å². The Labute approximate surface area is 260 Å². The summed E-state index contributed by atoms with van der Waals surface area (Å²) in [7, 11) is 0. The number of anilines is 2. The molecule has 11 nitrogen and oxygen atoms in total. The average molecular weight is 609 g/mol. The number of ether oxygens (including phenoxy) is 2. The first-order valence-corrected chi connectivity index (χ1v) is 16.3. The molecule has 0 spiro atoms. The van der Waals surface area contributed by atoms with E-state index in [1.807, 2.05) is 26.8 Å². The lowest BCUT2D eigenvalue weighted by atomic mass is 10.0. The molecular formula is C33H48N6O5. The predicted molar refractivity (Wildman–Crippen MR) is 170 cm³/mol. The molecule has 44 heavy (non-hydrogen) atoms. The molecule has 240 valence electrons. The van der Waals surface area contributed by atoms with Gasteiger partial charge in [0.15, 0.2) is 23.1 Å². The van der Waals surface area contributed by atoms with E-state index >= 15 is 0 Å². The smallest absolute Gasteiger partial charge is 0.410 e. The van der Waals surface area contributed by atoms with E-state index in [1.54, 1.807) is 27.8 Å². The monoisotopic (exact) mass is 608 g/mol. The second kappa shape index (κ2) is 14.1. The molecule has 3 aliphatic rings. The first-order valence-electron chi connectivity index (χ1n) is 16.3. The van der Waals surface area contributed by atoms with E-state index in [4.69, 9.17) is 9.47 Å². The molecule has 0 radical (unpaired) electrons. The van der Waals surface area contributed by atoms with Gasteiger partial charge in [-0.15, -0.1) is 0 Å². The van der Waals surface area contributed by atoms with E-state index < -0.39 is 5.60 Å². The minimum absolute atomic E-state index is 0.0730. The van der Waals surface area contributed by atoms with Gasteiger partial charge >= 0.3 is 11.8 Å². The van der Waals surface area contributed by atoms with Gasteiger partial charge < -0.3 is 24.6 Å². The van der Waals surface area contributed by atoms with Crippen LogP contribution in [0.1, 0.15) is 89.0 Å². The van der Waals surface area contributed by atoms with E-state index in [0.29, 0.717) is 48.1 Å². The number of ketones is 1. The number of benzene rings is 1. The molecule has 2 aromatic rings. The molecule has 0 bridgehead atoms. The van der Waals surface area contributed by atoms with Crippen molar-refractivity contribution in [2.75, 3.05) is 57.7 Å². The van der Waals surface area contributed by atoms with Crippen LogP contribution in [0.3, 0.4) is 0 Å². The molecular weight excluding hydrogens is 560 g/mol. The highest BCUT2D eigenvalue weighted by atomic mass is 16.6. The van der Waals surface area contributed by atoms with Gasteiger partial charge in [0.05, 0.1) is 11.9 Å². The van der Waals surface area contributed by atoms with Crippen molar-refractivity contribution in [1.82, 2.24) is 24.3 Å². The van der Waals surface area contributed by atoms with E-state index in [-0.39, 0.29) is 23.6 Å².